The van der Waals surface area contributed by atoms with Crippen LogP contribution in [-0.2, 0) is 9.53 Å². The first-order chi connectivity index (χ1) is 11.9. The third-order valence-corrected chi connectivity index (χ3v) is 4.02. The van der Waals surface area contributed by atoms with Crippen LogP contribution in [0.1, 0.15) is 10.4 Å². The van der Waals surface area contributed by atoms with Gasteiger partial charge < -0.3 is 10.1 Å². The molecule has 0 aliphatic rings. The van der Waals surface area contributed by atoms with Gasteiger partial charge >= 0.3 is 5.97 Å². The molecular formula is C16H13ClN2O5S. The molecule has 9 heteroatoms. The molecule has 0 radical (unpaired) electrons. The summed E-state index contributed by atoms with van der Waals surface area (Å²) in [5.41, 5.74) is -0.196. The Hall–Kier alpha value is -2.58. The summed E-state index contributed by atoms with van der Waals surface area (Å²) in [4.78, 5) is 35.1. The molecule has 1 N–H and O–H groups in total. The first-order valence-electron chi connectivity index (χ1n) is 6.95. The number of hydrogen-bond donors (Lipinski definition) is 1. The first kappa shape index (κ1) is 18.8. The van der Waals surface area contributed by atoms with Crippen LogP contribution in [0, 0.1) is 10.1 Å². The minimum Gasteiger partial charge on any atom is -0.452 e. The number of ether oxygens (including phenoxy) is 1. The highest BCUT2D eigenvalue weighted by Crippen LogP contribution is 2.23. The average Bonchev–Trinajstić information content (AvgIpc) is 2.59. The van der Waals surface area contributed by atoms with E-state index >= 15 is 0 Å². The molecular weight excluding hydrogens is 368 g/mol. The first-order valence-corrected chi connectivity index (χ1v) is 8.56. The predicted octanol–water partition coefficient (Wildman–Crippen LogP) is 3.77. The van der Waals surface area contributed by atoms with Crippen molar-refractivity contribution in [2.45, 2.75) is 4.90 Å². The molecule has 0 spiro atoms. The number of nitrogens with one attached hydrogen (secondary N) is 1. The summed E-state index contributed by atoms with van der Waals surface area (Å²) in [7, 11) is 0. The maximum absolute atomic E-state index is 12.0. The number of nitro benzene ring substituents is 1. The zero-order chi connectivity index (χ0) is 18.4. The lowest BCUT2D eigenvalue weighted by atomic mass is 10.2. The van der Waals surface area contributed by atoms with E-state index in [4.69, 9.17) is 16.3 Å². The molecule has 0 fully saturated rings. The largest absolute Gasteiger partial charge is 0.452 e. The minimum absolute atomic E-state index is 0.149. The number of nitro groups is 1. The Morgan fingerprint density at radius 3 is 2.72 bits per heavy atom. The Labute approximate surface area is 152 Å². The van der Waals surface area contributed by atoms with Crippen LogP contribution in [0.25, 0.3) is 0 Å². The van der Waals surface area contributed by atoms with Gasteiger partial charge in [0.15, 0.2) is 6.61 Å². The summed E-state index contributed by atoms with van der Waals surface area (Å²) in [6.45, 7) is -0.577. The average molecular weight is 381 g/mol. The van der Waals surface area contributed by atoms with Gasteiger partial charge in [-0.05, 0) is 36.6 Å². The van der Waals surface area contributed by atoms with E-state index in [9.17, 15) is 19.7 Å². The van der Waals surface area contributed by atoms with Crippen molar-refractivity contribution in [1.82, 2.24) is 0 Å². The Morgan fingerprint density at radius 2 is 2.04 bits per heavy atom. The molecule has 2 rings (SSSR count). The van der Waals surface area contributed by atoms with E-state index < -0.39 is 29.1 Å². The highest BCUT2D eigenvalue weighted by atomic mass is 35.5. The van der Waals surface area contributed by atoms with Gasteiger partial charge in [-0.25, -0.2) is 4.79 Å². The lowest BCUT2D eigenvalue weighted by Crippen LogP contribution is -2.21. The second-order valence-corrected chi connectivity index (χ2v) is 6.09. The fraction of sp³-hybridized carbons (Fsp3) is 0.125. The number of benzene rings is 2. The van der Waals surface area contributed by atoms with Gasteiger partial charge in [-0.2, -0.15) is 0 Å². The number of carbonyl (C=O) groups excluding carboxylic acids is 2. The van der Waals surface area contributed by atoms with E-state index in [1.54, 1.807) is 18.2 Å². The lowest BCUT2D eigenvalue weighted by molar-refractivity contribution is -0.385. The van der Waals surface area contributed by atoms with Crippen molar-refractivity contribution in [2.24, 2.45) is 0 Å². The molecule has 2 aromatic carbocycles. The van der Waals surface area contributed by atoms with Crippen LogP contribution in [0.4, 0.5) is 11.4 Å². The van der Waals surface area contributed by atoms with Crippen molar-refractivity contribution in [3.63, 3.8) is 0 Å². The van der Waals surface area contributed by atoms with Gasteiger partial charge in [0.25, 0.3) is 11.6 Å². The molecule has 130 valence electrons. The van der Waals surface area contributed by atoms with Crippen molar-refractivity contribution in [2.75, 3.05) is 18.2 Å². The highest BCUT2D eigenvalue weighted by molar-refractivity contribution is 7.98. The molecule has 25 heavy (non-hydrogen) atoms. The van der Waals surface area contributed by atoms with E-state index in [-0.39, 0.29) is 10.6 Å². The van der Waals surface area contributed by atoms with Gasteiger partial charge in [0.2, 0.25) is 0 Å². The Balaban J connectivity index is 2.01. The number of hydrogen-bond acceptors (Lipinski definition) is 6. The van der Waals surface area contributed by atoms with Crippen LogP contribution in [0.15, 0.2) is 47.4 Å². The molecule has 2 aromatic rings. The molecule has 0 aliphatic heterocycles. The molecule has 0 unspecified atom stereocenters. The number of amides is 1. The molecule has 0 saturated heterocycles. The number of halogens is 1. The summed E-state index contributed by atoms with van der Waals surface area (Å²) in [5.74, 6) is -1.56. The Bertz CT molecular complexity index is 828. The van der Waals surface area contributed by atoms with Gasteiger partial charge in [0.05, 0.1) is 4.92 Å². The number of esters is 1. The zero-order valence-electron chi connectivity index (χ0n) is 13.0. The van der Waals surface area contributed by atoms with Crippen LogP contribution in [0.5, 0.6) is 0 Å². The van der Waals surface area contributed by atoms with Crippen LogP contribution < -0.4 is 5.32 Å². The zero-order valence-corrected chi connectivity index (χ0v) is 14.6. The SMILES string of the molecule is CSc1cccc(NC(=O)COC(=O)c2cc(Cl)ccc2[N+](=O)[O-])c1. The monoisotopic (exact) mass is 380 g/mol. The van der Waals surface area contributed by atoms with Crippen molar-refractivity contribution in [3.8, 4) is 0 Å². The van der Waals surface area contributed by atoms with Crippen molar-refractivity contribution < 1.29 is 19.2 Å². The highest BCUT2D eigenvalue weighted by Gasteiger charge is 2.22. The summed E-state index contributed by atoms with van der Waals surface area (Å²) < 4.78 is 4.85. The molecule has 7 nitrogen and oxygen atoms in total. The van der Waals surface area contributed by atoms with E-state index in [0.29, 0.717) is 5.69 Å². The van der Waals surface area contributed by atoms with Crippen molar-refractivity contribution in [1.29, 1.82) is 0 Å². The summed E-state index contributed by atoms with van der Waals surface area (Å²) in [5, 5.41) is 13.7. The standard InChI is InChI=1S/C16H13ClN2O5S/c1-25-12-4-2-3-11(8-12)18-15(20)9-24-16(21)13-7-10(17)5-6-14(13)19(22)23/h2-8H,9H2,1H3,(H,18,20). The number of carbonyl (C=O) groups is 2. The molecule has 0 aromatic heterocycles. The number of anilines is 1. The van der Waals surface area contributed by atoms with Gasteiger partial charge in [0.1, 0.15) is 5.56 Å². The van der Waals surface area contributed by atoms with Gasteiger partial charge in [-0.1, -0.05) is 17.7 Å². The van der Waals surface area contributed by atoms with Crippen LogP contribution in [-0.4, -0.2) is 29.7 Å². The quantitative estimate of drug-likeness (QED) is 0.354. The van der Waals surface area contributed by atoms with E-state index in [2.05, 4.69) is 5.32 Å². The molecule has 0 aliphatic carbocycles. The lowest BCUT2D eigenvalue weighted by Gasteiger charge is -2.08. The normalized spacial score (nSPS) is 10.2. The van der Waals surface area contributed by atoms with Crippen LogP contribution in [0.2, 0.25) is 5.02 Å². The molecule has 0 bridgehead atoms. The van der Waals surface area contributed by atoms with Crippen LogP contribution in [0.3, 0.4) is 0 Å². The number of thioether (sulfide) groups is 1. The van der Waals surface area contributed by atoms with Crippen molar-refractivity contribution >= 4 is 46.6 Å². The van der Waals surface area contributed by atoms with Crippen LogP contribution >= 0.6 is 23.4 Å². The molecule has 0 saturated carbocycles. The second kappa shape index (κ2) is 8.50. The fourth-order valence-electron chi connectivity index (χ4n) is 1.94. The number of rotatable bonds is 6. The van der Waals surface area contributed by atoms with Gasteiger partial charge in [-0.15, -0.1) is 11.8 Å². The van der Waals surface area contributed by atoms with Crippen molar-refractivity contribution in [3.05, 3.63) is 63.2 Å². The van der Waals surface area contributed by atoms with E-state index in [0.717, 1.165) is 17.0 Å². The molecule has 0 heterocycles. The predicted molar refractivity (Wildman–Crippen MR) is 95.2 cm³/mol. The Morgan fingerprint density at radius 1 is 1.28 bits per heavy atom. The molecule has 1 amide bonds. The minimum atomic E-state index is -0.998. The number of nitrogens with zero attached hydrogens (tertiary/aromatic N) is 1. The third kappa shape index (κ3) is 5.20. The molecule has 0 atom stereocenters. The Kier molecular flexibility index (Phi) is 6.37. The maximum atomic E-state index is 12.0. The van der Waals surface area contributed by atoms with Gasteiger partial charge in [-0.3, -0.25) is 14.9 Å². The van der Waals surface area contributed by atoms with E-state index in [1.165, 1.54) is 17.8 Å². The topological polar surface area (TPSA) is 98.5 Å². The van der Waals surface area contributed by atoms with Gasteiger partial charge in [0, 0.05) is 21.7 Å². The third-order valence-electron chi connectivity index (χ3n) is 3.06. The smallest absolute Gasteiger partial charge is 0.345 e. The maximum Gasteiger partial charge on any atom is 0.345 e. The second-order valence-electron chi connectivity index (χ2n) is 4.77. The fourth-order valence-corrected chi connectivity index (χ4v) is 2.57. The summed E-state index contributed by atoms with van der Waals surface area (Å²) in [6.07, 6.45) is 1.90. The van der Waals surface area contributed by atoms with E-state index in [1.807, 2.05) is 12.3 Å². The summed E-state index contributed by atoms with van der Waals surface area (Å²) in [6, 6.07) is 10.7. The summed E-state index contributed by atoms with van der Waals surface area (Å²) >= 11 is 7.27.